The fourth-order valence-electron chi connectivity index (χ4n) is 4.88. The maximum absolute atomic E-state index is 12.7. The quantitative estimate of drug-likeness (QED) is 0.578. The van der Waals surface area contributed by atoms with Crippen LogP contribution in [0.25, 0.3) is 11.1 Å². The van der Waals surface area contributed by atoms with Gasteiger partial charge in [0.1, 0.15) is 12.6 Å². The van der Waals surface area contributed by atoms with Crippen LogP contribution >= 0.6 is 0 Å². The van der Waals surface area contributed by atoms with Gasteiger partial charge in [-0.05, 0) is 59.4 Å². The SMILES string of the molecule is O=C(Nc1ccc(C(=O)N2CCC[C@H]2C(=O)O)cc1)OCC1c2ccccc2-c2ccccc21. The minimum absolute atomic E-state index is 0.0270. The molecule has 0 bridgehead atoms. The second-order valence-corrected chi connectivity index (χ2v) is 8.52. The number of carboxylic acid groups (broad SMARTS) is 1. The van der Waals surface area contributed by atoms with E-state index in [1.165, 1.54) is 4.90 Å². The highest BCUT2D eigenvalue weighted by Crippen LogP contribution is 2.44. The molecule has 2 aliphatic rings. The van der Waals surface area contributed by atoms with E-state index in [1.54, 1.807) is 24.3 Å². The van der Waals surface area contributed by atoms with Crippen molar-refractivity contribution in [1.82, 2.24) is 4.90 Å². The Morgan fingerprint density at radius 2 is 1.53 bits per heavy atom. The lowest BCUT2D eigenvalue weighted by molar-refractivity contribution is -0.141. The first-order valence-corrected chi connectivity index (χ1v) is 11.3. The van der Waals surface area contributed by atoms with Gasteiger partial charge >= 0.3 is 12.1 Å². The number of carbonyl (C=O) groups excluding carboxylic acids is 2. The van der Waals surface area contributed by atoms with Crippen LogP contribution in [0.3, 0.4) is 0 Å². The van der Waals surface area contributed by atoms with Gasteiger partial charge in [0.2, 0.25) is 0 Å². The Labute approximate surface area is 197 Å². The number of likely N-dealkylation sites (tertiary alicyclic amines) is 1. The van der Waals surface area contributed by atoms with E-state index in [0.29, 0.717) is 30.6 Å². The van der Waals surface area contributed by atoms with E-state index in [0.717, 1.165) is 22.3 Å². The van der Waals surface area contributed by atoms with E-state index >= 15 is 0 Å². The zero-order valence-corrected chi connectivity index (χ0v) is 18.4. The van der Waals surface area contributed by atoms with Crippen molar-refractivity contribution in [3.05, 3.63) is 89.5 Å². The number of anilines is 1. The third kappa shape index (κ3) is 4.01. The van der Waals surface area contributed by atoms with Crippen molar-refractivity contribution in [2.24, 2.45) is 0 Å². The Hall–Kier alpha value is -4.13. The number of rotatable bonds is 5. The molecule has 0 spiro atoms. The van der Waals surface area contributed by atoms with Crippen LogP contribution in [0.2, 0.25) is 0 Å². The highest BCUT2D eigenvalue weighted by atomic mass is 16.5. The van der Waals surface area contributed by atoms with Gasteiger partial charge in [0.05, 0.1) is 0 Å². The zero-order valence-electron chi connectivity index (χ0n) is 18.4. The maximum atomic E-state index is 12.7. The van der Waals surface area contributed by atoms with Gasteiger partial charge in [-0.25, -0.2) is 9.59 Å². The summed E-state index contributed by atoms with van der Waals surface area (Å²) in [5, 5.41) is 12.0. The minimum atomic E-state index is -0.987. The first-order chi connectivity index (χ1) is 16.5. The van der Waals surface area contributed by atoms with E-state index < -0.39 is 18.1 Å². The van der Waals surface area contributed by atoms with Gasteiger partial charge in [-0.3, -0.25) is 10.1 Å². The van der Waals surface area contributed by atoms with Gasteiger partial charge in [-0.15, -0.1) is 0 Å². The first kappa shape index (κ1) is 21.7. The summed E-state index contributed by atoms with van der Waals surface area (Å²) in [5.74, 6) is -1.34. The molecule has 7 nitrogen and oxygen atoms in total. The van der Waals surface area contributed by atoms with Crippen molar-refractivity contribution < 1.29 is 24.2 Å². The third-order valence-corrected chi connectivity index (χ3v) is 6.52. The number of hydrogen-bond acceptors (Lipinski definition) is 4. The second kappa shape index (κ2) is 9.02. The Kier molecular flexibility index (Phi) is 5.76. The smallest absolute Gasteiger partial charge is 0.411 e. The minimum Gasteiger partial charge on any atom is -0.480 e. The van der Waals surface area contributed by atoms with Crippen LogP contribution in [0.5, 0.6) is 0 Å². The highest BCUT2D eigenvalue weighted by Gasteiger charge is 2.34. The highest BCUT2D eigenvalue weighted by molar-refractivity contribution is 5.97. The van der Waals surface area contributed by atoms with Crippen LogP contribution in [-0.2, 0) is 9.53 Å². The lowest BCUT2D eigenvalue weighted by Gasteiger charge is -2.21. The molecular formula is C27H24N2O5. The van der Waals surface area contributed by atoms with Crippen LogP contribution in [0.4, 0.5) is 10.5 Å². The molecule has 1 fully saturated rings. The summed E-state index contributed by atoms with van der Waals surface area (Å²) >= 11 is 0. The van der Waals surface area contributed by atoms with Crippen molar-refractivity contribution in [3.63, 3.8) is 0 Å². The Balaban J connectivity index is 1.21. The molecule has 0 unspecified atom stereocenters. The molecule has 1 aliphatic heterocycles. The van der Waals surface area contributed by atoms with Gasteiger partial charge < -0.3 is 14.7 Å². The summed E-state index contributed by atoms with van der Waals surface area (Å²) in [6, 6.07) is 21.9. The molecule has 0 radical (unpaired) electrons. The van der Waals surface area contributed by atoms with Gasteiger partial charge in [0.25, 0.3) is 5.91 Å². The van der Waals surface area contributed by atoms with Gasteiger partial charge in [-0.1, -0.05) is 48.5 Å². The molecule has 2 amide bonds. The van der Waals surface area contributed by atoms with E-state index in [4.69, 9.17) is 4.74 Å². The van der Waals surface area contributed by atoms with Crippen molar-refractivity contribution in [1.29, 1.82) is 0 Å². The lowest BCUT2D eigenvalue weighted by atomic mass is 9.98. The number of nitrogens with one attached hydrogen (secondary N) is 1. The van der Waals surface area contributed by atoms with Crippen molar-refractivity contribution in [2.75, 3.05) is 18.5 Å². The predicted molar refractivity (Wildman–Crippen MR) is 127 cm³/mol. The second-order valence-electron chi connectivity index (χ2n) is 8.52. The molecular weight excluding hydrogens is 432 g/mol. The maximum Gasteiger partial charge on any atom is 0.411 e. The summed E-state index contributed by atoms with van der Waals surface area (Å²) in [4.78, 5) is 37.9. The van der Waals surface area contributed by atoms with Crippen LogP contribution in [0.15, 0.2) is 72.8 Å². The Bertz CT molecular complexity index is 1210. The average molecular weight is 456 g/mol. The summed E-state index contributed by atoms with van der Waals surface area (Å²) in [6.45, 7) is 0.636. The molecule has 1 aliphatic carbocycles. The molecule has 0 aromatic heterocycles. The van der Waals surface area contributed by atoms with Crippen LogP contribution in [-0.4, -0.2) is 47.2 Å². The molecule has 2 N–H and O–H groups in total. The van der Waals surface area contributed by atoms with Gasteiger partial charge in [0.15, 0.2) is 0 Å². The molecule has 1 heterocycles. The number of carbonyl (C=O) groups is 3. The van der Waals surface area contributed by atoms with Crippen LogP contribution < -0.4 is 5.32 Å². The monoisotopic (exact) mass is 456 g/mol. The summed E-state index contributed by atoms with van der Waals surface area (Å²) in [7, 11) is 0. The number of benzene rings is 3. The standard InChI is InChI=1S/C27H24N2O5/c30-25(29-15-5-10-24(29)26(31)32)17-11-13-18(14-12-17)28-27(33)34-16-23-21-8-3-1-6-19(21)20-7-2-4-9-22(20)23/h1-4,6-9,11-14,23-24H,5,10,15-16H2,(H,28,33)(H,31,32)/t24-/m0/s1. The van der Waals surface area contributed by atoms with Gasteiger partial charge in [0, 0.05) is 23.7 Å². The molecule has 172 valence electrons. The molecule has 3 aromatic carbocycles. The van der Waals surface area contributed by atoms with E-state index in [2.05, 4.69) is 29.6 Å². The number of aliphatic carboxylic acids is 1. The number of nitrogens with zero attached hydrogens (tertiary/aromatic N) is 1. The average Bonchev–Trinajstić information content (AvgIpc) is 3.46. The normalized spacial score (nSPS) is 16.6. The largest absolute Gasteiger partial charge is 0.480 e. The molecule has 34 heavy (non-hydrogen) atoms. The summed E-state index contributed by atoms with van der Waals surface area (Å²) < 4.78 is 5.55. The third-order valence-electron chi connectivity index (χ3n) is 6.52. The van der Waals surface area contributed by atoms with Crippen LogP contribution in [0, 0.1) is 0 Å². The fourth-order valence-corrected chi connectivity index (χ4v) is 4.88. The van der Waals surface area contributed by atoms with Crippen molar-refractivity contribution >= 4 is 23.7 Å². The van der Waals surface area contributed by atoms with Gasteiger partial charge in [-0.2, -0.15) is 0 Å². The molecule has 0 saturated carbocycles. The van der Waals surface area contributed by atoms with E-state index in [9.17, 15) is 19.5 Å². The van der Waals surface area contributed by atoms with E-state index in [1.807, 2.05) is 24.3 Å². The summed E-state index contributed by atoms with van der Waals surface area (Å²) in [6.07, 6.45) is 0.554. The number of fused-ring (bicyclic) bond motifs is 3. The Morgan fingerprint density at radius 1 is 0.912 bits per heavy atom. The fraction of sp³-hybridized carbons (Fsp3) is 0.222. The topological polar surface area (TPSA) is 95.9 Å². The molecule has 1 atom stereocenters. The number of amides is 2. The molecule has 3 aromatic rings. The zero-order chi connectivity index (χ0) is 23.7. The number of ether oxygens (including phenoxy) is 1. The van der Waals surface area contributed by atoms with Crippen molar-refractivity contribution in [3.8, 4) is 11.1 Å². The summed E-state index contributed by atoms with van der Waals surface area (Å²) in [5.41, 5.74) is 5.48. The Morgan fingerprint density at radius 3 is 2.15 bits per heavy atom. The first-order valence-electron chi connectivity index (χ1n) is 11.3. The van der Waals surface area contributed by atoms with Crippen molar-refractivity contribution in [2.45, 2.75) is 24.8 Å². The number of hydrogen-bond donors (Lipinski definition) is 2. The molecule has 5 rings (SSSR count). The predicted octanol–water partition coefficient (Wildman–Crippen LogP) is 4.74. The molecule has 1 saturated heterocycles. The van der Waals surface area contributed by atoms with Crippen LogP contribution in [0.1, 0.15) is 40.2 Å². The lowest BCUT2D eigenvalue weighted by Crippen LogP contribution is -2.40. The van der Waals surface area contributed by atoms with E-state index in [-0.39, 0.29) is 18.4 Å². The number of carboxylic acids is 1. The molecule has 7 heteroatoms.